The second-order valence-electron chi connectivity index (χ2n) is 5.32. The summed E-state index contributed by atoms with van der Waals surface area (Å²) in [5, 5.41) is 14.4. The van der Waals surface area contributed by atoms with Crippen LogP contribution in [0, 0.1) is 5.82 Å². The zero-order valence-corrected chi connectivity index (χ0v) is 12.8. The molecule has 0 aliphatic heterocycles. The number of anilines is 1. The number of rotatable bonds is 4. The van der Waals surface area contributed by atoms with Gasteiger partial charge in [-0.2, -0.15) is 0 Å². The maximum atomic E-state index is 13.6. The maximum Gasteiger partial charge on any atom is 0.258 e. The molecule has 2 aromatic rings. The Kier molecular flexibility index (Phi) is 4.95. The van der Waals surface area contributed by atoms with Gasteiger partial charge in [-0.05, 0) is 50.2 Å². The van der Waals surface area contributed by atoms with E-state index in [0.717, 1.165) is 6.07 Å². The fourth-order valence-corrected chi connectivity index (χ4v) is 1.94. The van der Waals surface area contributed by atoms with Gasteiger partial charge in [0.1, 0.15) is 11.6 Å². The Balaban J connectivity index is 2.08. The zero-order valence-electron chi connectivity index (χ0n) is 12.8. The van der Waals surface area contributed by atoms with Crippen molar-refractivity contribution in [1.29, 1.82) is 0 Å². The van der Waals surface area contributed by atoms with Crippen LogP contribution in [0.25, 0.3) is 0 Å². The van der Waals surface area contributed by atoms with Gasteiger partial charge in [0, 0.05) is 23.4 Å². The molecule has 0 bridgehead atoms. The Bertz CT molecular complexity index is 727. The van der Waals surface area contributed by atoms with Gasteiger partial charge in [0.15, 0.2) is 0 Å². The number of carbonyl (C=O) groups is 2. The molecule has 120 valence electrons. The molecular weight excluding hydrogens is 299 g/mol. The Morgan fingerprint density at radius 2 is 1.70 bits per heavy atom. The molecule has 0 heterocycles. The smallest absolute Gasteiger partial charge is 0.258 e. The molecule has 0 aliphatic carbocycles. The van der Waals surface area contributed by atoms with E-state index >= 15 is 0 Å². The van der Waals surface area contributed by atoms with Crippen molar-refractivity contribution in [1.82, 2.24) is 5.32 Å². The molecule has 5 nitrogen and oxygen atoms in total. The number of benzene rings is 2. The van der Waals surface area contributed by atoms with Crippen LogP contribution in [0.15, 0.2) is 42.5 Å². The van der Waals surface area contributed by atoms with Crippen LogP contribution in [-0.2, 0) is 0 Å². The summed E-state index contributed by atoms with van der Waals surface area (Å²) < 4.78 is 13.6. The molecule has 0 spiro atoms. The molecule has 2 rings (SSSR count). The van der Waals surface area contributed by atoms with Crippen LogP contribution >= 0.6 is 0 Å². The van der Waals surface area contributed by atoms with Crippen molar-refractivity contribution in [3.63, 3.8) is 0 Å². The van der Waals surface area contributed by atoms with E-state index in [1.165, 1.54) is 12.1 Å². The first-order chi connectivity index (χ1) is 10.9. The summed E-state index contributed by atoms with van der Waals surface area (Å²) in [5.74, 6) is -1.90. The Morgan fingerprint density at radius 3 is 2.26 bits per heavy atom. The number of aromatic hydroxyl groups is 1. The molecule has 6 heteroatoms. The summed E-state index contributed by atoms with van der Waals surface area (Å²) in [6.45, 7) is 3.72. The molecule has 23 heavy (non-hydrogen) atoms. The highest BCUT2D eigenvalue weighted by Gasteiger charge is 2.13. The van der Waals surface area contributed by atoms with Gasteiger partial charge in [0.2, 0.25) is 0 Å². The van der Waals surface area contributed by atoms with Crippen molar-refractivity contribution in [3.05, 3.63) is 59.4 Å². The first-order valence-electron chi connectivity index (χ1n) is 7.07. The number of phenolic OH excluding ortho intramolecular Hbond substituents is 1. The molecule has 0 atom stereocenters. The summed E-state index contributed by atoms with van der Waals surface area (Å²) in [4.78, 5) is 23.8. The van der Waals surface area contributed by atoms with Gasteiger partial charge in [-0.3, -0.25) is 9.59 Å². The SMILES string of the molecule is CC(C)NC(=O)c1ccc(NC(=O)c2ccc(O)cc2F)cc1. The van der Waals surface area contributed by atoms with Crippen molar-refractivity contribution in [2.24, 2.45) is 0 Å². The van der Waals surface area contributed by atoms with Crippen LogP contribution in [0.5, 0.6) is 5.75 Å². The number of hydrogen-bond acceptors (Lipinski definition) is 3. The summed E-state index contributed by atoms with van der Waals surface area (Å²) >= 11 is 0. The van der Waals surface area contributed by atoms with E-state index in [0.29, 0.717) is 11.3 Å². The molecule has 0 aromatic heterocycles. The molecule has 0 saturated carbocycles. The first kappa shape index (κ1) is 16.5. The van der Waals surface area contributed by atoms with Gasteiger partial charge in [0.05, 0.1) is 5.56 Å². The van der Waals surface area contributed by atoms with E-state index < -0.39 is 11.7 Å². The molecule has 0 saturated heterocycles. The first-order valence-corrected chi connectivity index (χ1v) is 7.07. The van der Waals surface area contributed by atoms with Crippen molar-refractivity contribution in [2.75, 3.05) is 5.32 Å². The topological polar surface area (TPSA) is 78.4 Å². The third kappa shape index (κ3) is 4.29. The van der Waals surface area contributed by atoms with Crippen LogP contribution in [0.3, 0.4) is 0 Å². The minimum absolute atomic E-state index is 0.0272. The van der Waals surface area contributed by atoms with Gasteiger partial charge >= 0.3 is 0 Å². The molecular formula is C17H17FN2O3. The lowest BCUT2D eigenvalue weighted by Gasteiger charge is -2.10. The van der Waals surface area contributed by atoms with Crippen LogP contribution in [0.1, 0.15) is 34.6 Å². The van der Waals surface area contributed by atoms with Gasteiger partial charge in [-0.15, -0.1) is 0 Å². The normalized spacial score (nSPS) is 10.4. The van der Waals surface area contributed by atoms with Crippen molar-refractivity contribution >= 4 is 17.5 Å². The average molecular weight is 316 g/mol. The minimum Gasteiger partial charge on any atom is -0.508 e. The minimum atomic E-state index is -0.810. The summed E-state index contributed by atoms with van der Waals surface area (Å²) in [6.07, 6.45) is 0. The van der Waals surface area contributed by atoms with Crippen LogP contribution < -0.4 is 10.6 Å². The zero-order chi connectivity index (χ0) is 17.0. The maximum absolute atomic E-state index is 13.6. The Hall–Kier alpha value is -2.89. The van der Waals surface area contributed by atoms with E-state index in [2.05, 4.69) is 10.6 Å². The van der Waals surface area contributed by atoms with E-state index in [9.17, 15) is 14.0 Å². The summed E-state index contributed by atoms with van der Waals surface area (Å²) in [7, 11) is 0. The van der Waals surface area contributed by atoms with Crippen molar-refractivity contribution in [3.8, 4) is 5.75 Å². The second kappa shape index (κ2) is 6.91. The number of nitrogens with one attached hydrogen (secondary N) is 2. The van der Waals surface area contributed by atoms with Crippen molar-refractivity contribution < 1.29 is 19.1 Å². The van der Waals surface area contributed by atoms with Crippen LogP contribution in [0.4, 0.5) is 10.1 Å². The number of hydrogen-bond donors (Lipinski definition) is 3. The molecule has 0 radical (unpaired) electrons. The molecule has 2 amide bonds. The summed E-state index contributed by atoms with van der Waals surface area (Å²) in [5.41, 5.74) is 0.723. The Labute approximate surface area is 133 Å². The lowest BCUT2D eigenvalue weighted by Crippen LogP contribution is -2.30. The highest BCUT2D eigenvalue weighted by atomic mass is 19.1. The van der Waals surface area contributed by atoms with E-state index in [-0.39, 0.29) is 23.3 Å². The molecule has 2 aromatic carbocycles. The fraction of sp³-hybridized carbons (Fsp3) is 0.176. The van der Waals surface area contributed by atoms with Gasteiger partial charge in [-0.25, -0.2) is 4.39 Å². The second-order valence-corrected chi connectivity index (χ2v) is 5.32. The number of phenols is 1. The summed E-state index contributed by atoms with van der Waals surface area (Å²) in [6, 6.07) is 9.59. The third-order valence-electron chi connectivity index (χ3n) is 3.02. The highest BCUT2D eigenvalue weighted by Crippen LogP contribution is 2.17. The van der Waals surface area contributed by atoms with Crippen LogP contribution in [-0.4, -0.2) is 23.0 Å². The largest absolute Gasteiger partial charge is 0.508 e. The highest BCUT2D eigenvalue weighted by molar-refractivity contribution is 6.04. The van der Waals surface area contributed by atoms with Gasteiger partial charge in [0.25, 0.3) is 11.8 Å². The number of amides is 2. The lowest BCUT2D eigenvalue weighted by atomic mass is 10.1. The lowest BCUT2D eigenvalue weighted by molar-refractivity contribution is 0.0942. The van der Waals surface area contributed by atoms with E-state index in [1.807, 2.05) is 13.8 Å². The van der Waals surface area contributed by atoms with Gasteiger partial charge < -0.3 is 15.7 Å². The number of carbonyl (C=O) groups excluding carboxylic acids is 2. The van der Waals surface area contributed by atoms with Gasteiger partial charge in [-0.1, -0.05) is 0 Å². The monoisotopic (exact) mass is 316 g/mol. The third-order valence-corrected chi connectivity index (χ3v) is 3.02. The predicted octanol–water partition coefficient (Wildman–Crippen LogP) is 2.92. The predicted molar refractivity (Wildman–Crippen MR) is 85.1 cm³/mol. The molecule has 0 fully saturated rings. The van der Waals surface area contributed by atoms with E-state index in [4.69, 9.17) is 5.11 Å². The average Bonchev–Trinajstić information content (AvgIpc) is 2.47. The number of halogens is 1. The van der Waals surface area contributed by atoms with Crippen molar-refractivity contribution in [2.45, 2.75) is 19.9 Å². The van der Waals surface area contributed by atoms with Crippen LogP contribution in [0.2, 0.25) is 0 Å². The quantitative estimate of drug-likeness (QED) is 0.811. The molecule has 0 aliphatic rings. The standard InChI is InChI=1S/C17H17FN2O3/c1-10(2)19-16(22)11-3-5-12(6-4-11)20-17(23)14-8-7-13(21)9-15(14)18/h3-10,21H,1-2H3,(H,19,22)(H,20,23). The molecule has 0 unspecified atom stereocenters. The Morgan fingerprint density at radius 1 is 1.04 bits per heavy atom. The fourth-order valence-electron chi connectivity index (χ4n) is 1.94. The molecule has 3 N–H and O–H groups in total. The van der Waals surface area contributed by atoms with E-state index in [1.54, 1.807) is 24.3 Å².